The van der Waals surface area contributed by atoms with Crippen molar-refractivity contribution in [2.24, 2.45) is 0 Å². The molecule has 4 aromatic rings. The van der Waals surface area contributed by atoms with Crippen LogP contribution in [0.5, 0.6) is 51.7 Å². The number of aromatic hydroxyl groups is 5. The third kappa shape index (κ3) is 4.85. The van der Waals surface area contributed by atoms with Gasteiger partial charge in [0.25, 0.3) is 0 Å². The van der Waals surface area contributed by atoms with Gasteiger partial charge in [0.1, 0.15) is 68.5 Å². The normalized spacial score (nSPS) is 24.8. The Bertz CT molecular complexity index is 2300. The van der Waals surface area contributed by atoms with E-state index in [2.05, 4.69) is 0 Å². The van der Waals surface area contributed by atoms with Gasteiger partial charge in [0, 0.05) is 36.2 Å². The topological polar surface area (TPSA) is 192 Å². The van der Waals surface area contributed by atoms with Gasteiger partial charge in [-0.25, -0.2) is 4.79 Å². The molecule has 4 unspecified atom stereocenters. The Morgan fingerprint density at radius 3 is 2.29 bits per heavy atom. The Morgan fingerprint density at radius 1 is 0.865 bits per heavy atom. The molecule has 0 aromatic heterocycles. The SMILES string of the molecule is CC(C)=CCC12Oc3cc(OC(=O)c4ccc(O)cc4O)c(C4=CC5(C)CC(C4)c4ccc(O)cc4O5)c(O)c3C(=O)C1(O)Oc1cc(O)ccc12. The summed E-state index contributed by atoms with van der Waals surface area (Å²) in [5.41, 5.74) is -1.26. The monoisotopic (exact) mass is 706 g/mol. The van der Waals surface area contributed by atoms with Gasteiger partial charge in [0.2, 0.25) is 11.4 Å². The number of hydrogen-bond donors (Lipinski definition) is 6. The number of allylic oxidation sites excluding steroid dienone is 2. The van der Waals surface area contributed by atoms with Crippen molar-refractivity contribution in [3.8, 4) is 51.7 Å². The smallest absolute Gasteiger partial charge is 0.347 e. The van der Waals surface area contributed by atoms with Crippen LogP contribution < -0.4 is 18.9 Å². The molecule has 1 aliphatic carbocycles. The molecule has 0 amide bonds. The van der Waals surface area contributed by atoms with E-state index in [0.717, 1.165) is 17.2 Å². The summed E-state index contributed by atoms with van der Waals surface area (Å²) in [5.74, 6) is -6.53. The zero-order valence-corrected chi connectivity index (χ0v) is 28.3. The van der Waals surface area contributed by atoms with Crippen molar-refractivity contribution >= 4 is 17.3 Å². The summed E-state index contributed by atoms with van der Waals surface area (Å²) in [6.45, 7) is 5.49. The molecule has 0 saturated carbocycles. The summed E-state index contributed by atoms with van der Waals surface area (Å²) < 4.78 is 24.7. The van der Waals surface area contributed by atoms with Crippen LogP contribution in [0.2, 0.25) is 0 Å². The minimum Gasteiger partial charge on any atom is -0.508 e. The highest BCUT2D eigenvalue weighted by atomic mass is 16.7. The maximum absolute atomic E-state index is 14.6. The van der Waals surface area contributed by atoms with Crippen LogP contribution in [0.3, 0.4) is 0 Å². The number of carbonyl (C=O) groups excluding carboxylic acids is 2. The number of carbonyl (C=O) groups is 2. The lowest BCUT2D eigenvalue weighted by Crippen LogP contribution is -2.62. The lowest BCUT2D eigenvalue weighted by atomic mass is 9.72. The van der Waals surface area contributed by atoms with Crippen LogP contribution in [0.15, 0.2) is 78.4 Å². The molecule has 266 valence electrons. The van der Waals surface area contributed by atoms with Gasteiger partial charge in [-0.05, 0) is 87.1 Å². The molecule has 12 heteroatoms. The molecule has 0 radical (unpaired) electrons. The summed E-state index contributed by atoms with van der Waals surface area (Å²) in [6.07, 6.45) is 4.26. The van der Waals surface area contributed by atoms with E-state index in [1.807, 2.05) is 20.8 Å². The summed E-state index contributed by atoms with van der Waals surface area (Å²) >= 11 is 0. The fourth-order valence-electron chi connectivity index (χ4n) is 7.84. The molecule has 3 heterocycles. The molecule has 3 aliphatic heterocycles. The van der Waals surface area contributed by atoms with Crippen LogP contribution in [0, 0.1) is 0 Å². The van der Waals surface area contributed by atoms with Crippen molar-refractivity contribution in [1.29, 1.82) is 0 Å². The van der Waals surface area contributed by atoms with Crippen LogP contribution in [0.25, 0.3) is 5.57 Å². The van der Waals surface area contributed by atoms with Gasteiger partial charge in [-0.2, -0.15) is 0 Å². The second kappa shape index (κ2) is 11.2. The first-order valence-electron chi connectivity index (χ1n) is 16.6. The van der Waals surface area contributed by atoms with E-state index in [1.54, 1.807) is 24.3 Å². The summed E-state index contributed by atoms with van der Waals surface area (Å²) in [5, 5.41) is 65.1. The van der Waals surface area contributed by atoms with Gasteiger partial charge in [-0.15, -0.1) is 0 Å². The third-order valence-corrected chi connectivity index (χ3v) is 10.2. The number of phenols is 5. The lowest BCUT2D eigenvalue weighted by molar-refractivity contribution is -0.201. The molecule has 52 heavy (non-hydrogen) atoms. The van der Waals surface area contributed by atoms with Crippen molar-refractivity contribution in [3.05, 3.63) is 106 Å². The van der Waals surface area contributed by atoms with Gasteiger partial charge in [0.15, 0.2) is 0 Å². The van der Waals surface area contributed by atoms with Gasteiger partial charge in [-0.3, -0.25) is 4.79 Å². The van der Waals surface area contributed by atoms with E-state index >= 15 is 0 Å². The first-order valence-corrected chi connectivity index (χ1v) is 16.6. The highest BCUT2D eigenvalue weighted by Gasteiger charge is 2.70. The van der Waals surface area contributed by atoms with Gasteiger partial charge >= 0.3 is 11.8 Å². The number of aliphatic hydroxyl groups is 1. The Kier molecular flexibility index (Phi) is 7.10. The molecule has 4 atom stereocenters. The van der Waals surface area contributed by atoms with Crippen molar-refractivity contribution in [2.45, 2.75) is 62.9 Å². The van der Waals surface area contributed by atoms with Crippen LogP contribution >= 0.6 is 0 Å². The third-order valence-electron chi connectivity index (χ3n) is 10.2. The molecule has 6 N–H and O–H groups in total. The van der Waals surface area contributed by atoms with E-state index in [1.165, 1.54) is 42.5 Å². The highest BCUT2D eigenvalue weighted by Crippen LogP contribution is 2.60. The molecule has 12 nitrogen and oxygen atoms in total. The van der Waals surface area contributed by atoms with Crippen LogP contribution in [0.4, 0.5) is 0 Å². The predicted molar refractivity (Wildman–Crippen MR) is 184 cm³/mol. The largest absolute Gasteiger partial charge is 0.508 e. The van der Waals surface area contributed by atoms with E-state index in [4.69, 9.17) is 18.9 Å². The number of esters is 1. The van der Waals surface area contributed by atoms with E-state index in [0.29, 0.717) is 17.7 Å². The number of ketones is 1. The van der Waals surface area contributed by atoms with Crippen molar-refractivity contribution < 1.29 is 59.2 Å². The molecule has 8 rings (SSSR count). The second-order valence-corrected chi connectivity index (χ2v) is 14.1. The quantitative estimate of drug-likeness (QED) is 0.0756. The number of Topliss-reactive ketones (excluding diaryl/α,β-unsaturated/α-hetero) is 1. The molecule has 2 bridgehead atoms. The fraction of sp³-hybridized carbons (Fsp3) is 0.250. The maximum Gasteiger partial charge on any atom is 0.347 e. The fourth-order valence-corrected chi connectivity index (χ4v) is 7.84. The standard InChI is InChI=1S/C40H34O12/c1-19(2)10-11-39-27-9-6-24(43)15-30(27)52-40(39,48)36(46)34-32(51-39)16-31(49-37(47)26-8-5-22(41)13-28(26)44)33(35(34)45)21-12-20-17-38(3,18-21)50-29-14-23(42)4-7-25(20)29/h4-10,13-16,18,20,41-45,48H,11-12,17H2,1-3H3. The highest BCUT2D eigenvalue weighted by molar-refractivity contribution is 6.10. The lowest BCUT2D eigenvalue weighted by Gasteiger charge is -2.44. The minimum atomic E-state index is -2.69. The zero-order valence-electron chi connectivity index (χ0n) is 28.3. The van der Waals surface area contributed by atoms with Crippen molar-refractivity contribution in [2.75, 3.05) is 0 Å². The first kappa shape index (κ1) is 33.0. The Labute approximate surface area is 297 Å². The number of hydrogen-bond acceptors (Lipinski definition) is 12. The first-order chi connectivity index (χ1) is 24.6. The minimum absolute atomic E-state index is 0.00225. The summed E-state index contributed by atoms with van der Waals surface area (Å²) in [7, 11) is 0. The van der Waals surface area contributed by atoms with Crippen LogP contribution in [-0.2, 0) is 5.60 Å². The molecule has 4 aliphatic rings. The van der Waals surface area contributed by atoms with Crippen molar-refractivity contribution in [1.82, 2.24) is 0 Å². The molecular formula is C40H34O12. The van der Waals surface area contributed by atoms with E-state index in [9.17, 15) is 40.2 Å². The van der Waals surface area contributed by atoms with Gasteiger partial charge in [-0.1, -0.05) is 17.7 Å². The van der Waals surface area contributed by atoms with Crippen molar-refractivity contribution in [3.63, 3.8) is 0 Å². The molecular weight excluding hydrogens is 672 g/mol. The number of benzene rings is 4. The number of rotatable bonds is 5. The summed E-state index contributed by atoms with van der Waals surface area (Å²) in [4.78, 5) is 28.3. The molecule has 0 spiro atoms. The molecule has 0 saturated heterocycles. The van der Waals surface area contributed by atoms with E-state index < -0.39 is 45.8 Å². The average molecular weight is 707 g/mol. The number of ether oxygens (including phenoxy) is 4. The van der Waals surface area contributed by atoms with Gasteiger partial charge in [0.05, 0.1) is 5.56 Å². The van der Waals surface area contributed by atoms with E-state index in [-0.39, 0.29) is 69.9 Å². The number of fused-ring (bicyclic) bond motifs is 8. The Morgan fingerprint density at radius 2 is 1.56 bits per heavy atom. The average Bonchev–Trinajstić information content (AvgIpc) is 3.30. The van der Waals surface area contributed by atoms with Crippen LogP contribution in [-0.4, -0.2) is 53.8 Å². The second-order valence-electron chi connectivity index (χ2n) is 14.1. The Hall–Kier alpha value is -6.14. The maximum atomic E-state index is 14.6. The van der Waals surface area contributed by atoms with Gasteiger partial charge < -0.3 is 49.6 Å². The molecule has 0 fully saturated rings. The predicted octanol–water partition coefficient (Wildman–Crippen LogP) is 6.45. The Balaban J connectivity index is 1.33. The molecule has 4 aromatic carbocycles. The number of phenolic OH excluding ortho intramolecular Hbond substituents is 5. The summed E-state index contributed by atoms with van der Waals surface area (Å²) in [6, 6.07) is 13.6. The van der Waals surface area contributed by atoms with Crippen LogP contribution in [0.1, 0.15) is 83.4 Å². The zero-order chi connectivity index (χ0) is 36.9.